The van der Waals surface area contributed by atoms with Crippen LogP contribution in [0.1, 0.15) is 30.7 Å². The zero-order chi connectivity index (χ0) is 13.0. The highest BCUT2D eigenvalue weighted by atomic mass is 35.5. The Labute approximate surface area is 110 Å². The van der Waals surface area contributed by atoms with Crippen molar-refractivity contribution in [3.63, 3.8) is 0 Å². The van der Waals surface area contributed by atoms with Gasteiger partial charge < -0.3 is 9.73 Å². The summed E-state index contributed by atoms with van der Waals surface area (Å²) in [6, 6.07) is 4.65. The van der Waals surface area contributed by atoms with E-state index in [1.165, 1.54) is 12.3 Å². The van der Waals surface area contributed by atoms with Crippen molar-refractivity contribution in [1.82, 2.24) is 10.3 Å². The van der Waals surface area contributed by atoms with Gasteiger partial charge in [-0.25, -0.2) is 4.39 Å². The van der Waals surface area contributed by atoms with E-state index >= 15 is 0 Å². The van der Waals surface area contributed by atoms with Gasteiger partial charge in [-0.2, -0.15) is 0 Å². The van der Waals surface area contributed by atoms with Crippen LogP contribution in [0.5, 0.6) is 0 Å². The van der Waals surface area contributed by atoms with Crippen LogP contribution in [0.25, 0.3) is 0 Å². The summed E-state index contributed by atoms with van der Waals surface area (Å²) in [4.78, 5) is 3.86. The number of rotatable bonds is 5. The van der Waals surface area contributed by atoms with Gasteiger partial charge >= 0.3 is 0 Å². The average molecular weight is 269 g/mol. The van der Waals surface area contributed by atoms with E-state index in [4.69, 9.17) is 16.0 Å². The number of pyridine rings is 1. The molecular weight excluding hydrogens is 255 g/mol. The summed E-state index contributed by atoms with van der Waals surface area (Å²) in [5, 5.41) is 3.60. The van der Waals surface area contributed by atoms with Crippen LogP contribution >= 0.6 is 11.6 Å². The van der Waals surface area contributed by atoms with Gasteiger partial charge in [0.25, 0.3) is 0 Å². The first kappa shape index (κ1) is 13.1. The van der Waals surface area contributed by atoms with E-state index in [1.807, 2.05) is 0 Å². The number of furan rings is 1. The smallest absolute Gasteiger partial charge is 0.193 e. The predicted octanol–water partition coefficient (Wildman–Crippen LogP) is 3.56. The maximum absolute atomic E-state index is 13.2. The second-order valence-electron chi connectivity index (χ2n) is 3.97. The van der Waals surface area contributed by atoms with E-state index in [2.05, 4.69) is 17.2 Å². The molecule has 0 saturated carbocycles. The summed E-state index contributed by atoms with van der Waals surface area (Å²) in [6.45, 7) is 2.85. The van der Waals surface area contributed by atoms with Crippen LogP contribution in [0.3, 0.4) is 0 Å². The van der Waals surface area contributed by atoms with Crippen molar-refractivity contribution < 1.29 is 8.81 Å². The lowest BCUT2D eigenvalue weighted by Gasteiger charge is -2.16. The SMILES string of the molecule is CCCNC(c1cncc(F)c1)c1ccc(Cl)o1. The molecular formula is C13H14ClFN2O. The molecule has 2 aromatic rings. The molecule has 2 aromatic heterocycles. The molecule has 0 saturated heterocycles. The van der Waals surface area contributed by atoms with E-state index in [0.29, 0.717) is 11.0 Å². The van der Waals surface area contributed by atoms with Gasteiger partial charge in [0, 0.05) is 6.20 Å². The third-order valence-electron chi connectivity index (χ3n) is 2.54. The zero-order valence-electron chi connectivity index (χ0n) is 9.99. The number of halogens is 2. The first-order valence-electron chi connectivity index (χ1n) is 5.79. The Morgan fingerprint density at radius 2 is 2.28 bits per heavy atom. The van der Waals surface area contributed by atoms with Crippen LogP contribution in [0.4, 0.5) is 4.39 Å². The summed E-state index contributed by atoms with van der Waals surface area (Å²) >= 11 is 5.77. The summed E-state index contributed by atoms with van der Waals surface area (Å²) in [5.41, 5.74) is 0.717. The number of hydrogen-bond donors (Lipinski definition) is 1. The van der Waals surface area contributed by atoms with Crippen LogP contribution in [-0.4, -0.2) is 11.5 Å². The van der Waals surface area contributed by atoms with E-state index in [9.17, 15) is 4.39 Å². The Kier molecular flexibility index (Phi) is 4.33. The molecule has 0 aliphatic rings. The molecule has 0 aliphatic heterocycles. The molecule has 2 rings (SSSR count). The van der Waals surface area contributed by atoms with Crippen molar-refractivity contribution in [3.05, 3.63) is 53.0 Å². The Morgan fingerprint density at radius 1 is 1.44 bits per heavy atom. The first-order valence-corrected chi connectivity index (χ1v) is 6.17. The summed E-state index contributed by atoms with van der Waals surface area (Å²) in [5.74, 6) is 0.286. The molecule has 0 aromatic carbocycles. The molecule has 0 radical (unpaired) electrons. The molecule has 1 N–H and O–H groups in total. The molecule has 3 nitrogen and oxygen atoms in total. The minimum absolute atomic E-state index is 0.236. The number of nitrogens with one attached hydrogen (secondary N) is 1. The van der Waals surface area contributed by atoms with Gasteiger partial charge in [0.1, 0.15) is 11.6 Å². The van der Waals surface area contributed by atoms with Gasteiger partial charge in [-0.05, 0) is 48.3 Å². The molecule has 18 heavy (non-hydrogen) atoms. The van der Waals surface area contributed by atoms with Crippen LogP contribution in [-0.2, 0) is 0 Å². The standard InChI is InChI=1S/C13H14ClFN2O/c1-2-5-17-13(11-3-4-12(14)18-11)9-6-10(15)8-16-7-9/h3-4,6-8,13,17H,2,5H2,1H3. The molecule has 0 amide bonds. The van der Waals surface area contributed by atoms with E-state index in [1.54, 1.807) is 18.3 Å². The van der Waals surface area contributed by atoms with Crippen LogP contribution in [0.2, 0.25) is 5.22 Å². The Bertz CT molecular complexity index is 515. The van der Waals surface area contributed by atoms with Crippen molar-refractivity contribution in [2.75, 3.05) is 6.54 Å². The van der Waals surface area contributed by atoms with Gasteiger partial charge in [0.2, 0.25) is 0 Å². The lowest BCUT2D eigenvalue weighted by molar-refractivity contribution is 0.446. The van der Waals surface area contributed by atoms with Gasteiger partial charge in [-0.15, -0.1) is 0 Å². The molecule has 0 aliphatic carbocycles. The zero-order valence-corrected chi connectivity index (χ0v) is 10.7. The number of hydrogen-bond acceptors (Lipinski definition) is 3. The monoisotopic (exact) mass is 268 g/mol. The molecule has 0 spiro atoms. The number of aromatic nitrogens is 1. The molecule has 1 unspecified atom stereocenters. The first-order chi connectivity index (χ1) is 8.70. The second-order valence-corrected chi connectivity index (χ2v) is 4.34. The van der Waals surface area contributed by atoms with Crippen molar-refractivity contribution >= 4 is 11.6 Å². The Balaban J connectivity index is 2.30. The fourth-order valence-electron chi connectivity index (χ4n) is 1.74. The lowest BCUT2D eigenvalue weighted by atomic mass is 10.1. The summed E-state index contributed by atoms with van der Waals surface area (Å²) in [6.07, 6.45) is 3.76. The summed E-state index contributed by atoms with van der Waals surface area (Å²) in [7, 11) is 0. The minimum atomic E-state index is -0.367. The number of nitrogens with zero attached hydrogens (tertiary/aromatic N) is 1. The Morgan fingerprint density at radius 3 is 2.89 bits per heavy atom. The third kappa shape index (κ3) is 3.09. The van der Waals surface area contributed by atoms with Gasteiger partial charge in [0.15, 0.2) is 5.22 Å². The average Bonchev–Trinajstić information content (AvgIpc) is 2.76. The van der Waals surface area contributed by atoms with Gasteiger partial charge in [0.05, 0.1) is 12.2 Å². The molecule has 2 heterocycles. The van der Waals surface area contributed by atoms with Gasteiger partial charge in [-0.1, -0.05) is 6.92 Å². The van der Waals surface area contributed by atoms with Crippen LogP contribution in [0.15, 0.2) is 35.0 Å². The highest BCUT2D eigenvalue weighted by Crippen LogP contribution is 2.25. The van der Waals surface area contributed by atoms with E-state index < -0.39 is 0 Å². The normalized spacial score (nSPS) is 12.6. The van der Waals surface area contributed by atoms with E-state index in [0.717, 1.165) is 18.5 Å². The molecule has 1 atom stereocenters. The fraction of sp³-hybridized carbons (Fsp3) is 0.308. The quantitative estimate of drug-likeness (QED) is 0.901. The van der Waals surface area contributed by atoms with Crippen molar-refractivity contribution in [2.45, 2.75) is 19.4 Å². The van der Waals surface area contributed by atoms with E-state index in [-0.39, 0.29) is 11.9 Å². The van der Waals surface area contributed by atoms with Crippen molar-refractivity contribution in [2.24, 2.45) is 0 Å². The predicted molar refractivity (Wildman–Crippen MR) is 68.0 cm³/mol. The largest absolute Gasteiger partial charge is 0.448 e. The van der Waals surface area contributed by atoms with Crippen molar-refractivity contribution in [1.29, 1.82) is 0 Å². The second kappa shape index (κ2) is 5.98. The Hall–Kier alpha value is -1.39. The highest BCUT2D eigenvalue weighted by Gasteiger charge is 2.18. The van der Waals surface area contributed by atoms with Crippen LogP contribution < -0.4 is 5.32 Å². The summed E-state index contributed by atoms with van der Waals surface area (Å²) < 4.78 is 18.6. The topological polar surface area (TPSA) is 38.1 Å². The van der Waals surface area contributed by atoms with Gasteiger partial charge in [-0.3, -0.25) is 4.98 Å². The van der Waals surface area contributed by atoms with Crippen molar-refractivity contribution in [3.8, 4) is 0 Å². The molecule has 0 fully saturated rings. The molecule has 5 heteroatoms. The molecule has 0 bridgehead atoms. The molecule has 96 valence electrons. The fourth-order valence-corrected chi connectivity index (χ4v) is 1.89. The lowest BCUT2D eigenvalue weighted by Crippen LogP contribution is -2.23. The highest BCUT2D eigenvalue weighted by molar-refractivity contribution is 6.28. The third-order valence-corrected chi connectivity index (χ3v) is 2.74. The van der Waals surface area contributed by atoms with Crippen LogP contribution in [0, 0.1) is 5.82 Å². The maximum atomic E-state index is 13.2. The minimum Gasteiger partial charge on any atom is -0.448 e. The maximum Gasteiger partial charge on any atom is 0.193 e.